The second kappa shape index (κ2) is 8.33. The zero-order valence-electron chi connectivity index (χ0n) is 15.1. The van der Waals surface area contributed by atoms with Crippen LogP contribution in [0.25, 0.3) is 10.9 Å². The maximum absolute atomic E-state index is 11.8. The Morgan fingerprint density at radius 1 is 1.22 bits per heavy atom. The summed E-state index contributed by atoms with van der Waals surface area (Å²) in [6.07, 6.45) is 2.20. The topological polar surface area (TPSA) is 83.6 Å². The molecule has 7 heteroatoms. The predicted octanol–water partition coefficient (Wildman–Crippen LogP) is 3.62. The summed E-state index contributed by atoms with van der Waals surface area (Å²) in [6.45, 7) is 0.277. The van der Waals surface area contributed by atoms with E-state index >= 15 is 0 Å². The predicted molar refractivity (Wildman–Crippen MR) is 105 cm³/mol. The number of H-pyrrole nitrogens is 1. The van der Waals surface area contributed by atoms with Crippen molar-refractivity contribution < 1.29 is 19.4 Å². The summed E-state index contributed by atoms with van der Waals surface area (Å²) in [4.78, 5) is 14.9. The normalized spacial score (nSPS) is 12.1. The molecule has 3 rings (SSSR count). The number of carbonyl (C=O) groups is 1. The van der Waals surface area contributed by atoms with Crippen molar-refractivity contribution in [1.82, 2.24) is 10.3 Å². The molecule has 3 N–H and O–H groups in total. The van der Waals surface area contributed by atoms with Crippen LogP contribution >= 0.6 is 11.6 Å². The fourth-order valence-corrected chi connectivity index (χ4v) is 3.37. The van der Waals surface area contributed by atoms with Gasteiger partial charge in [-0.15, -0.1) is 0 Å². The minimum atomic E-state index is -0.923. The third-order valence-corrected chi connectivity index (χ3v) is 4.67. The number of methoxy groups -OCH3 is 2. The molecule has 0 aliphatic rings. The van der Waals surface area contributed by atoms with E-state index in [1.807, 2.05) is 30.5 Å². The minimum Gasteiger partial charge on any atom is -0.493 e. The first-order valence-corrected chi connectivity index (χ1v) is 8.83. The zero-order valence-corrected chi connectivity index (χ0v) is 15.8. The highest BCUT2D eigenvalue weighted by atomic mass is 35.5. The van der Waals surface area contributed by atoms with Gasteiger partial charge in [-0.2, -0.15) is 0 Å². The third-order valence-electron chi connectivity index (χ3n) is 4.46. The van der Waals surface area contributed by atoms with Crippen LogP contribution in [0.1, 0.15) is 11.1 Å². The van der Waals surface area contributed by atoms with Gasteiger partial charge in [-0.3, -0.25) is 10.1 Å². The van der Waals surface area contributed by atoms with E-state index in [-0.39, 0.29) is 6.54 Å². The zero-order chi connectivity index (χ0) is 19.4. The molecule has 3 aromatic rings. The molecule has 0 bridgehead atoms. The molecule has 1 atom stereocenters. The highest BCUT2D eigenvalue weighted by Crippen LogP contribution is 2.34. The number of benzene rings is 2. The molecule has 0 aliphatic carbocycles. The third kappa shape index (κ3) is 4.18. The van der Waals surface area contributed by atoms with Crippen LogP contribution in [0.2, 0.25) is 5.02 Å². The number of hydrogen-bond acceptors (Lipinski definition) is 4. The summed E-state index contributed by atoms with van der Waals surface area (Å²) in [6, 6.07) is 10.4. The molecule has 0 radical (unpaired) electrons. The Morgan fingerprint density at radius 2 is 2.00 bits per heavy atom. The number of ether oxygens (including phenoxy) is 2. The number of para-hydroxylation sites is 1. The van der Waals surface area contributed by atoms with Crippen LogP contribution in [0.15, 0.2) is 42.6 Å². The van der Waals surface area contributed by atoms with Crippen molar-refractivity contribution in [2.75, 3.05) is 14.2 Å². The molecule has 1 heterocycles. The average molecular weight is 389 g/mol. The lowest BCUT2D eigenvalue weighted by Gasteiger charge is -2.17. The Morgan fingerprint density at radius 3 is 2.70 bits per heavy atom. The highest BCUT2D eigenvalue weighted by Gasteiger charge is 2.21. The van der Waals surface area contributed by atoms with Gasteiger partial charge in [-0.1, -0.05) is 29.8 Å². The Balaban J connectivity index is 1.80. The second-order valence-corrected chi connectivity index (χ2v) is 6.57. The molecule has 0 aliphatic heterocycles. The molecule has 2 aromatic carbocycles. The van der Waals surface area contributed by atoms with Crippen molar-refractivity contribution in [2.24, 2.45) is 0 Å². The fraction of sp³-hybridized carbons (Fsp3) is 0.250. The number of aliphatic carboxylic acids is 1. The van der Waals surface area contributed by atoms with Crippen LogP contribution in [-0.4, -0.2) is 36.3 Å². The number of halogens is 1. The van der Waals surface area contributed by atoms with Gasteiger partial charge in [0.1, 0.15) is 6.04 Å². The first-order chi connectivity index (χ1) is 13.0. The number of nitrogens with one attached hydrogen (secondary N) is 2. The van der Waals surface area contributed by atoms with Gasteiger partial charge in [-0.05, 0) is 17.7 Å². The van der Waals surface area contributed by atoms with Gasteiger partial charge in [0.2, 0.25) is 0 Å². The maximum Gasteiger partial charge on any atom is 0.321 e. The van der Waals surface area contributed by atoms with E-state index in [9.17, 15) is 9.90 Å². The van der Waals surface area contributed by atoms with Crippen molar-refractivity contribution in [3.63, 3.8) is 0 Å². The fourth-order valence-electron chi connectivity index (χ4n) is 3.14. The minimum absolute atomic E-state index is 0.277. The molecular weight excluding hydrogens is 368 g/mol. The van der Waals surface area contributed by atoms with E-state index in [1.54, 1.807) is 12.1 Å². The first kappa shape index (κ1) is 19.1. The molecule has 0 unspecified atom stereocenters. The number of rotatable bonds is 8. The van der Waals surface area contributed by atoms with Crippen LogP contribution in [-0.2, 0) is 17.8 Å². The number of aromatic nitrogens is 1. The van der Waals surface area contributed by atoms with E-state index < -0.39 is 12.0 Å². The maximum atomic E-state index is 11.8. The lowest BCUT2D eigenvalue weighted by Crippen LogP contribution is -2.38. The average Bonchev–Trinajstić information content (AvgIpc) is 3.07. The number of carboxylic acid groups (broad SMARTS) is 1. The molecule has 0 fully saturated rings. The van der Waals surface area contributed by atoms with E-state index in [2.05, 4.69) is 10.3 Å². The number of fused-ring (bicyclic) bond motifs is 1. The van der Waals surface area contributed by atoms with Crippen molar-refractivity contribution in [3.8, 4) is 11.5 Å². The van der Waals surface area contributed by atoms with Crippen LogP contribution in [0.3, 0.4) is 0 Å². The van der Waals surface area contributed by atoms with Crippen LogP contribution in [0, 0.1) is 0 Å². The van der Waals surface area contributed by atoms with Gasteiger partial charge >= 0.3 is 5.97 Å². The Labute approximate surface area is 162 Å². The van der Waals surface area contributed by atoms with Gasteiger partial charge < -0.3 is 19.6 Å². The SMILES string of the molecule is COc1cc(Cl)cc(CN[C@H](Cc2c[nH]c3ccccc23)C(=O)O)c1OC. The lowest BCUT2D eigenvalue weighted by molar-refractivity contribution is -0.139. The van der Waals surface area contributed by atoms with Crippen molar-refractivity contribution in [1.29, 1.82) is 0 Å². The summed E-state index contributed by atoms with van der Waals surface area (Å²) < 4.78 is 10.7. The lowest BCUT2D eigenvalue weighted by atomic mass is 10.0. The summed E-state index contributed by atoms with van der Waals surface area (Å²) in [7, 11) is 3.07. The van der Waals surface area contributed by atoms with Gasteiger partial charge in [0.05, 0.1) is 14.2 Å². The van der Waals surface area contributed by atoms with E-state index in [4.69, 9.17) is 21.1 Å². The van der Waals surface area contributed by atoms with Crippen LogP contribution < -0.4 is 14.8 Å². The summed E-state index contributed by atoms with van der Waals surface area (Å²) in [5, 5.41) is 14.2. The number of aromatic amines is 1. The quantitative estimate of drug-likeness (QED) is 0.549. The Kier molecular flexibility index (Phi) is 5.88. The largest absolute Gasteiger partial charge is 0.493 e. The van der Waals surface area contributed by atoms with Crippen LogP contribution in [0.4, 0.5) is 0 Å². The highest BCUT2D eigenvalue weighted by molar-refractivity contribution is 6.30. The van der Waals surface area contributed by atoms with Crippen molar-refractivity contribution in [2.45, 2.75) is 19.0 Å². The van der Waals surface area contributed by atoms with Gasteiger partial charge in [0.25, 0.3) is 0 Å². The monoisotopic (exact) mass is 388 g/mol. The second-order valence-electron chi connectivity index (χ2n) is 6.14. The molecule has 0 spiro atoms. The number of hydrogen-bond donors (Lipinski definition) is 3. The molecule has 0 saturated heterocycles. The molecule has 0 amide bonds. The van der Waals surface area contributed by atoms with Crippen molar-refractivity contribution in [3.05, 3.63) is 58.7 Å². The molecular formula is C20H21ClN2O4. The van der Waals surface area contributed by atoms with E-state index in [1.165, 1.54) is 14.2 Å². The molecule has 0 saturated carbocycles. The smallest absolute Gasteiger partial charge is 0.321 e. The molecule has 142 valence electrons. The van der Waals surface area contributed by atoms with E-state index in [0.717, 1.165) is 22.0 Å². The standard InChI is InChI=1S/C20H21ClN2O4/c1-26-18-9-14(21)7-13(19(18)27-2)11-23-17(20(24)25)8-12-10-22-16-6-4-3-5-15(12)16/h3-7,9-10,17,22-23H,8,11H2,1-2H3,(H,24,25)/t17-/m1/s1. The van der Waals surface area contributed by atoms with Gasteiger partial charge in [0.15, 0.2) is 11.5 Å². The molecule has 6 nitrogen and oxygen atoms in total. The Bertz CT molecular complexity index is 954. The van der Waals surface area contributed by atoms with E-state index in [0.29, 0.717) is 22.9 Å². The number of carboxylic acids is 1. The van der Waals surface area contributed by atoms with Crippen molar-refractivity contribution >= 4 is 28.5 Å². The van der Waals surface area contributed by atoms with Gasteiger partial charge in [-0.25, -0.2) is 0 Å². The molecule has 1 aromatic heterocycles. The Hall–Kier alpha value is -2.70. The van der Waals surface area contributed by atoms with Crippen LogP contribution in [0.5, 0.6) is 11.5 Å². The first-order valence-electron chi connectivity index (χ1n) is 8.45. The van der Waals surface area contributed by atoms with Gasteiger partial charge in [0, 0.05) is 46.7 Å². The summed E-state index contributed by atoms with van der Waals surface area (Å²) in [5.41, 5.74) is 2.66. The molecule has 27 heavy (non-hydrogen) atoms. The summed E-state index contributed by atoms with van der Waals surface area (Å²) in [5.74, 6) is 0.115. The summed E-state index contributed by atoms with van der Waals surface area (Å²) >= 11 is 6.13.